The standard InChI is InChI=1S/C38H22N2S/c1-2-12-23(13-3-1)36-28-18-8-10-20-32(28)39-38(40-36)31-22-30-26-16-5-4-14-24(26)25-15-6-7-17-27(25)34(30)37-35(31)29-19-9-11-21-33(29)41-37/h1-22H. The van der Waals surface area contributed by atoms with Crippen LogP contribution >= 0.6 is 11.3 Å². The number of para-hydroxylation sites is 1. The number of hydrogen-bond acceptors (Lipinski definition) is 3. The zero-order chi connectivity index (χ0) is 26.9. The zero-order valence-electron chi connectivity index (χ0n) is 22.0. The Morgan fingerprint density at radius 1 is 0.439 bits per heavy atom. The van der Waals surface area contributed by atoms with Crippen molar-refractivity contribution < 1.29 is 0 Å². The molecule has 41 heavy (non-hydrogen) atoms. The molecule has 9 aromatic rings. The highest BCUT2D eigenvalue weighted by molar-refractivity contribution is 7.27. The summed E-state index contributed by atoms with van der Waals surface area (Å²) in [6.07, 6.45) is 0. The first-order chi connectivity index (χ1) is 20.3. The summed E-state index contributed by atoms with van der Waals surface area (Å²) in [6.45, 7) is 0. The van der Waals surface area contributed by atoms with Gasteiger partial charge in [-0.25, -0.2) is 9.97 Å². The summed E-state index contributed by atoms with van der Waals surface area (Å²) in [4.78, 5) is 10.5. The number of aromatic nitrogens is 2. The molecule has 0 fully saturated rings. The Kier molecular flexibility index (Phi) is 4.80. The molecule has 0 amide bonds. The summed E-state index contributed by atoms with van der Waals surface area (Å²) in [5, 5.41) is 11.2. The molecule has 0 N–H and O–H groups in total. The lowest BCUT2D eigenvalue weighted by atomic mass is 9.91. The molecule has 0 aliphatic carbocycles. The van der Waals surface area contributed by atoms with Crippen molar-refractivity contribution >= 4 is 74.7 Å². The second kappa shape index (κ2) is 8.69. The maximum absolute atomic E-state index is 5.32. The van der Waals surface area contributed by atoms with Crippen LogP contribution < -0.4 is 0 Å². The van der Waals surface area contributed by atoms with Crippen LogP contribution in [0.25, 0.3) is 86.0 Å². The summed E-state index contributed by atoms with van der Waals surface area (Å²) in [6, 6.07) is 47.5. The van der Waals surface area contributed by atoms with E-state index in [2.05, 4.69) is 127 Å². The van der Waals surface area contributed by atoms with Gasteiger partial charge in [0.15, 0.2) is 5.82 Å². The number of thiophene rings is 1. The quantitative estimate of drug-likeness (QED) is 0.205. The maximum Gasteiger partial charge on any atom is 0.161 e. The Hall–Kier alpha value is -5.12. The van der Waals surface area contributed by atoms with E-state index in [-0.39, 0.29) is 0 Å². The van der Waals surface area contributed by atoms with Gasteiger partial charge in [-0.05, 0) is 45.1 Å². The van der Waals surface area contributed by atoms with Crippen molar-refractivity contribution in [1.29, 1.82) is 0 Å². The van der Waals surface area contributed by atoms with Crippen molar-refractivity contribution in [2.24, 2.45) is 0 Å². The van der Waals surface area contributed by atoms with Crippen LogP contribution in [0.3, 0.4) is 0 Å². The minimum absolute atomic E-state index is 0.759. The van der Waals surface area contributed by atoms with Gasteiger partial charge in [0.05, 0.1) is 11.2 Å². The first kappa shape index (κ1) is 22.7. The van der Waals surface area contributed by atoms with E-state index in [1.54, 1.807) is 0 Å². The first-order valence-corrected chi connectivity index (χ1v) is 14.7. The highest BCUT2D eigenvalue weighted by atomic mass is 32.1. The number of benzene rings is 7. The van der Waals surface area contributed by atoms with Gasteiger partial charge in [-0.1, -0.05) is 115 Å². The third-order valence-electron chi connectivity index (χ3n) is 8.25. The van der Waals surface area contributed by atoms with E-state index in [4.69, 9.17) is 9.97 Å². The highest BCUT2D eigenvalue weighted by Gasteiger charge is 2.21. The number of hydrogen-bond donors (Lipinski definition) is 0. The number of rotatable bonds is 2. The van der Waals surface area contributed by atoms with E-state index >= 15 is 0 Å². The van der Waals surface area contributed by atoms with Crippen molar-refractivity contribution in [3.8, 4) is 22.6 Å². The predicted molar refractivity (Wildman–Crippen MR) is 176 cm³/mol. The van der Waals surface area contributed by atoms with Crippen molar-refractivity contribution in [3.63, 3.8) is 0 Å². The normalized spacial score (nSPS) is 11.9. The summed E-state index contributed by atoms with van der Waals surface area (Å²) >= 11 is 1.87. The van der Waals surface area contributed by atoms with Crippen LogP contribution in [0.2, 0.25) is 0 Å². The van der Waals surface area contributed by atoms with Crippen LogP contribution in [0, 0.1) is 0 Å². The summed E-state index contributed by atoms with van der Waals surface area (Å²) in [5.41, 5.74) is 4.08. The fraction of sp³-hybridized carbons (Fsp3) is 0. The van der Waals surface area contributed by atoms with Gasteiger partial charge in [-0.15, -0.1) is 11.3 Å². The smallest absolute Gasteiger partial charge is 0.161 e. The van der Waals surface area contributed by atoms with Crippen LogP contribution in [0.5, 0.6) is 0 Å². The summed E-state index contributed by atoms with van der Waals surface area (Å²) in [7, 11) is 0. The number of nitrogens with zero attached hydrogens (tertiary/aromatic N) is 2. The van der Waals surface area contributed by atoms with Crippen LogP contribution in [0.15, 0.2) is 133 Å². The van der Waals surface area contributed by atoms with E-state index in [1.165, 1.54) is 52.5 Å². The number of fused-ring (bicyclic) bond motifs is 11. The lowest BCUT2D eigenvalue weighted by Crippen LogP contribution is -1.96. The fourth-order valence-corrected chi connectivity index (χ4v) is 7.75. The molecule has 0 saturated carbocycles. The van der Waals surface area contributed by atoms with E-state index in [0.717, 1.165) is 33.5 Å². The third-order valence-corrected chi connectivity index (χ3v) is 9.43. The molecule has 0 unspecified atom stereocenters. The van der Waals surface area contributed by atoms with Crippen molar-refractivity contribution in [2.75, 3.05) is 0 Å². The van der Waals surface area contributed by atoms with E-state index in [1.807, 2.05) is 17.4 Å². The van der Waals surface area contributed by atoms with Gasteiger partial charge >= 0.3 is 0 Å². The first-order valence-electron chi connectivity index (χ1n) is 13.9. The molecule has 0 aliphatic rings. The van der Waals surface area contributed by atoms with E-state index < -0.39 is 0 Å². The van der Waals surface area contributed by atoms with Crippen molar-refractivity contribution in [1.82, 2.24) is 9.97 Å². The molecule has 0 spiro atoms. The van der Waals surface area contributed by atoms with Gasteiger partial charge < -0.3 is 0 Å². The van der Waals surface area contributed by atoms with Crippen molar-refractivity contribution in [3.05, 3.63) is 133 Å². The van der Waals surface area contributed by atoms with E-state index in [9.17, 15) is 0 Å². The molecule has 3 heteroatoms. The van der Waals surface area contributed by atoms with Crippen molar-refractivity contribution in [2.45, 2.75) is 0 Å². The van der Waals surface area contributed by atoms with Gasteiger partial charge in [-0.3, -0.25) is 0 Å². The Morgan fingerprint density at radius 2 is 1.02 bits per heavy atom. The molecule has 9 rings (SSSR count). The second-order valence-electron chi connectivity index (χ2n) is 10.5. The van der Waals surface area contributed by atoms with Gasteiger partial charge in [0.2, 0.25) is 0 Å². The lowest BCUT2D eigenvalue weighted by molar-refractivity contribution is 1.24. The Morgan fingerprint density at radius 3 is 1.80 bits per heavy atom. The van der Waals surface area contributed by atoms with Crippen LogP contribution in [0.4, 0.5) is 0 Å². The molecule has 0 radical (unpaired) electrons. The molecule has 0 aliphatic heterocycles. The molecule has 2 heterocycles. The Labute approximate surface area is 240 Å². The Bertz CT molecular complexity index is 2470. The molecule has 0 saturated heterocycles. The SMILES string of the molecule is c1ccc(-c2nc(-c3cc4c5ccccc5c5ccccc5c4c4sc5ccccc5c34)nc3ccccc23)cc1. The minimum atomic E-state index is 0.759. The highest BCUT2D eigenvalue weighted by Crippen LogP contribution is 2.48. The van der Waals surface area contributed by atoms with Gasteiger partial charge in [0.25, 0.3) is 0 Å². The molecule has 190 valence electrons. The molecule has 2 aromatic heterocycles. The monoisotopic (exact) mass is 538 g/mol. The predicted octanol–water partition coefficient (Wildman–Crippen LogP) is 10.8. The Balaban J connectivity index is 1.52. The molecular weight excluding hydrogens is 516 g/mol. The molecule has 7 aromatic carbocycles. The lowest BCUT2D eigenvalue weighted by Gasteiger charge is -2.15. The summed E-state index contributed by atoms with van der Waals surface area (Å²) < 4.78 is 2.57. The van der Waals surface area contributed by atoms with Crippen LogP contribution in [-0.2, 0) is 0 Å². The van der Waals surface area contributed by atoms with Gasteiger partial charge in [0, 0.05) is 42.1 Å². The third kappa shape index (κ3) is 3.30. The van der Waals surface area contributed by atoms with Crippen LogP contribution in [0.1, 0.15) is 0 Å². The van der Waals surface area contributed by atoms with Gasteiger partial charge in [0.1, 0.15) is 0 Å². The van der Waals surface area contributed by atoms with E-state index in [0.29, 0.717) is 0 Å². The molecule has 0 atom stereocenters. The summed E-state index contributed by atoms with van der Waals surface area (Å²) in [5.74, 6) is 0.759. The van der Waals surface area contributed by atoms with Crippen LogP contribution in [-0.4, -0.2) is 9.97 Å². The zero-order valence-corrected chi connectivity index (χ0v) is 22.8. The average molecular weight is 539 g/mol. The average Bonchev–Trinajstić information content (AvgIpc) is 3.44. The minimum Gasteiger partial charge on any atom is -0.228 e. The molecule has 0 bridgehead atoms. The maximum atomic E-state index is 5.32. The van der Waals surface area contributed by atoms with Gasteiger partial charge in [-0.2, -0.15) is 0 Å². The fourth-order valence-electron chi connectivity index (χ4n) is 6.46. The second-order valence-corrected chi connectivity index (χ2v) is 11.6. The largest absolute Gasteiger partial charge is 0.228 e. The molecular formula is C38H22N2S. The molecule has 2 nitrogen and oxygen atoms in total. The topological polar surface area (TPSA) is 25.8 Å².